The Morgan fingerprint density at radius 2 is 1.80 bits per heavy atom. The fraction of sp³-hybridized carbons (Fsp3) is 0.267. The van der Waals surface area contributed by atoms with E-state index in [9.17, 15) is 9.18 Å². The average molecular weight is 605 g/mol. The van der Waals surface area contributed by atoms with E-state index in [0.717, 1.165) is 10.9 Å². The molecule has 11 heteroatoms. The second kappa shape index (κ2) is 14.2. The van der Waals surface area contributed by atoms with Gasteiger partial charge in [0.15, 0.2) is 0 Å². The number of methoxy groups -OCH3 is 1. The average Bonchev–Trinajstić information content (AvgIpc) is 2.91. The molecule has 0 spiro atoms. The number of carbonyl (C=O) groups is 1. The first-order valence-electron chi connectivity index (χ1n) is 12.5. The Hall–Kier alpha value is -3.79. The van der Waals surface area contributed by atoms with Gasteiger partial charge in [-0.15, -0.1) is 24.8 Å². The largest absolute Gasteiger partial charge is 0.497 e. The van der Waals surface area contributed by atoms with Gasteiger partial charge in [-0.05, 0) is 62.6 Å². The number of fused-ring (bicyclic) bond motifs is 2. The number of ether oxygens (including phenoxy) is 5. The lowest BCUT2D eigenvalue weighted by Crippen LogP contribution is -2.34. The number of carbonyl (C=O) groups excluding carboxylic acids is 1. The molecule has 218 valence electrons. The standard InChI is InChI=1S/C30H29FN2O6.2ClH/c1-33(2)17-29(34)38-28-16-30(37-24-6-4-5-22(14-24)35-3)39-27-15-23(10-11-25(27)28)36-18-21-9-7-19-13-20(31)8-12-26(19)32-21;;/h4-15,28,30H,16-18H2,1-3H3;2*1H. The maximum absolute atomic E-state index is 13.5. The van der Waals surface area contributed by atoms with Crippen LogP contribution < -0.4 is 18.9 Å². The van der Waals surface area contributed by atoms with Crippen LogP contribution in [0.4, 0.5) is 4.39 Å². The highest BCUT2D eigenvalue weighted by atomic mass is 35.5. The molecular formula is C30H31Cl2FN2O6. The summed E-state index contributed by atoms with van der Waals surface area (Å²) < 4.78 is 42.8. The number of hydrogen-bond acceptors (Lipinski definition) is 8. The summed E-state index contributed by atoms with van der Waals surface area (Å²) in [4.78, 5) is 18.8. The second-order valence-corrected chi connectivity index (χ2v) is 9.42. The van der Waals surface area contributed by atoms with Crippen molar-refractivity contribution in [1.82, 2.24) is 9.88 Å². The van der Waals surface area contributed by atoms with Crippen molar-refractivity contribution >= 4 is 41.7 Å². The molecule has 1 aliphatic rings. The van der Waals surface area contributed by atoms with Crippen LogP contribution >= 0.6 is 24.8 Å². The zero-order chi connectivity index (χ0) is 27.4. The summed E-state index contributed by atoms with van der Waals surface area (Å²) >= 11 is 0. The lowest BCUT2D eigenvalue weighted by molar-refractivity contribution is -0.155. The van der Waals surface area contributed by atoms with Gasteiger partial charge in [-0.25, -0.2) is 9.37 Å². The molecule has 0 saturated heterocycles. The highest BCUT2D eigenvalue weighted by Crippen LogP contribution is 2.40. The number of rotatable bonds is 9. The van der Waals surface area contributed by atoms with E-state index in [-0.39, 0.29) is 49.8 Å². The minimum absolute atomic E-state index is 0. The van der Waals surface area contributed by atoms with Gasteiger partial charge in [0.05, 0.1) is 31.3 Å². The fourth-order valence-electron chi connectivity index (χ4n) is 4.30. The van der Waals surface area contributed by atoms with Gasteiger partial charge < -0.3 is 23.7 Å². The van der Waals surface area contributed by atoms with Crippen LogP contribution in [0.15, 0.2) is 72.8 Å². The zero-order valence-corrected chi connectivity index (χ0v) is 24.4. The second-order valence-electron chi connectivity index (χ2n) is 9.42. The van der Waals surface area contributed by atoms with Gasteiger partial charge in [-0.2, -0.15) is 0 Å². The van der Waals surface area contributed by atoms with Crippen molar-refractivity contribution < 1.29 is 32.9 Å². The van der Waals surface area contributed by atoms with Crippen molar-refractivity contribution in [1.29, 1.82) is 0 Å². The first-order valence-corrected chi connectivity index (χ1v) is 12.5. The van der Waals surface area contributed by atoms with Crippen molar-refractivity contribution in [3.8, 4) is 23.0 Å². The van der Waals surface area contributed by atoms with Crippen LogP contribution in [-0.4, -0.2) is 49.9 Å². The molecule has 0 amide bonds. The van der Waals surface area contributed by atoms with Crippen molar-refractivity contribution in [2.45, 2.75) is 25.4 Å². The van der Waals surface area contributed by atoms with Crippen LogP contribution in [-0.2, 0) is 16.1 Å². The highest BCUT2D eigenvalue weighted by molar-refractivity contribution is 5.85. The van der Waals surface area contributed by atoms with Crippen molar-refractivity contribution in [2.24, 2.45) is 0 Å². The Kier molecular flexibility index (Phi) is 11.0. The molecule has 41 heavy (non-hydrogen) atoms. The number of benzene rings is 3. The van der Waals surface area contributed by atoms with Gasteiger partial charge in [0, 0.05) is 23.1 Å². The van der Waals surface area contributed by atoms with Gasteiger partial charge >= 0.3 is 5.97 Å². The monoisotopic (exact) mass is 604 g/mol. The SMILES string of the molecule is COc1cccc(OC2CC(OC(=O)CN(C)C)c3ccc(OCc4ccc5cc(F)ccc5n4)cc3O2)c1.Cl.Cl. The third kappa shape index (κ3) is 8.13. The van der Waals surface area contributed by atoms with Crippen molar-refractivity contribution in [3.05, 3.63) is 89.9 Å². The van der Waals surface area contributed by atoms with Crippen molar-refractivity contribution in [3.63, 3.8) is 0 Å². The van der Waals surface area contributed by atoms with Gasteiger partial charge in [0.1, 0.15) is 41.5 Å². The third-order valence-electron chi connectivity index (χ3n) is 6.12. The van der Waals surface area contributed by atoms with Gasteiger partial charge in [-0.1, -0.05) is 12.1 Å². The van der Waals surface area contributed by atoms with E-state index in [2.05, 4.69) is 4.98 Å². The van der Waals surface area contributed by atoms with E-state index in [4.69, 9.17) is 23.7 Å². The summed E-state index contributed by atoms with van der Waals surface area (Å²) in [5.41, 5.74) is 2.11. The number of halogens is 3. The van der Waals surface area contributed by atoms with Crippen LogP contribution in [0.1, 0.15) is 23.8 Å². The molecule has 0 aliphatic carbocycles. The molecule has 0 N–H and O–H groups in total. The van der Waals surface area contributed by atoms with Crippen LogP contribution in [0.2, 0.25) is 0 Å². The molecule has 2 atom stereocenters. The Balaban J connectivity index is 0.00000231. The molecule has 5 rings (SSSR count). The summed E-state index contributed by atoms with van der Waals surface area (Å²) in [5.74, 6) is 1.62. The Bertz CT molecular complexity index is 1490. The van der Waals surface area contributed by atoms with Crippen LogP contribution in [0.5, 0.6) is 23.0 Å². The maximum Gasteiger partial charge on any atom is 0.320 e. The minimum Gasteiger partial charge on any atom is -0.497 e. The predicted octanol–water partition coefficient (Wildman–Crippen LogP) is 6.14. The van der Waals surface area contributed by atoms with E-state index >= 15 is 0 Å². The van der Waals surface area contributed by atoms with Gasteiger partial charge in [0.25, 0.3) is 0 Å². The van der Waals surface area contributed by atoms with Crippen LogP contribution in [0.3, 0.4) is 0 Å². The smallest absolute Gasteiger partial charge is 0.320 e. The molecule has 0 radical (unpaired) electrons. The van der Waals surface area contributed by atoms with Crippen LogP contribution in [0.25, 0.3) is 10.9 Å². The Labute approximate surface area is 250 Å². The molecule has 2 unspecified atom stereocenters. The summed E-state index contributed by atoms with van der Waals surface area (Å²) in [5, 5.41) is 0.720. The molecule has 4 aromatic rings. The summed E-state index contributed by atoms with van der Waals surface area (Å²) in [6, 6.07) is 20.7. The van der Waals surface area contributed by atoms with Gasteiger partial charge in [-0.3, -0.25) is 9.69 Å². The fourth-order valence-corrected chi connectivity index (χ4v) is 4.30. The summed E-state index contributed by atoms with van der Waals surface area (Å²) in [6.07, 6.45) is -0.960. The number of esters is 1. The van der Waals surface area contributed by atoms with Crippen molar-refractivity contribution in [2.75, 3.05) is 27.7 Å². The normalized spacial score (nSPS) is 15.5. The molecule has 8 nitrogen and oxygen atoms in total. The molecule has 3 aromatic carbocycles. The molecule has 2 heterocycles. The first-order chi connectivity index (χ1) is 18.9. The van der Waals surface area contributed by atoms with E-state index < -0.39 is 12.4 Å². The summed E-state index contributed by atoms with van der Waals surface area (Å²) in [6.45, 7) is 0.359. The van der Waals surface area contributed by atoms with E-state index in [0.29, 0.717) is 40.6 Å². The third-order valence-corrected chi connectivity index (χ3v) is 6.12. The van der Waals surface area contributed by atoms with Gasteiger partial charge in [0.2, 0.25) is 6.29 Å². The number of hydrogen-bond donors (Lipinski definition) is 0. The summed E-state index contributed by atoms with van der Waals surface area (Å²) in [7, 11) is 5.20. The Morgan fingerprint density at radius 3 is 2.59 bits per heavy atom. The Morgan fingerprint density at radius 1 is 1.00 bits per heavy atom. The molecule has 0 saturated carbocycles. The van der Waals surface area contributed by atoms with E-state index in [1.54, 1.807) is 62.5 Å². The molecule has 0 bridgehead atoms. The number of aromatic nitrogens is 1. The quantitative estimate of drug-likeness (QED) is 0.211. The molecule has 0 fully saturated rings. The number of pyridine rings is 1. The van der Waals surface area contributed by atoms with E-state index in [1.807, 2.05) is 24.3 Å². The molecular weight excluding hydrogens is 574 g/mol. The topological polar surface area (TPSA) is 79.4 Å². The lowest BCUT2D eigenvalue weighted by atomic mass is 10.0. The number of likely N-dealkylation sites (N-methyl/N-ethyl adjacent to an activating group) is 1. The minimum atomic E-state index is -0.709. The van der Waals surface area contributed by atoms with E-state index in [1.165, 1.54) is 12.1 Å². The number of nitrogens with zero attached hydrogens (tertiary/aromatic N) is 2. The maximum atomic E-state index is 13.5. The lowest BCUT2D eigenvalue weighted by Gasteiger charge is -2.32. The molecule has 1 aliphatic heterocycles. The first kappa shape index (κ1) is 31.7. The zero-order valence-electron chi connectivity index (χ0n) is 22.7. The van der Waals surface area contributed by atoms with Crippen LogP contribution in [0, 0.1) is 5.82 Å². The predicted molar refractivity (Wildman–Crippen MR) is 157 cm³/mol. The molecule has 1 aromatic heterocycles. The highest BCUT2D eigenvalue weighted by Gasteiger charge is 2.33.